The molecule has 3 rings (SSSR count). The average molecular weight is 390 g/mol. The molecule has 0 aliphatic carbocycles. The highest BCUT2D eigenvalue weighted by Gasteiger charge is 2.24. The number of nitrogens with one attached hydrogen (secondary N) is 1. The molecule has 0 unspecified atom stereocenters. The summed E-state index contributed by atoms with van der Waals surface area (Å²) < 4.78 is 31.3. The second-order valence-corrected chi connectivity index (χ2v) is 5.52. The number of nitro groups is 1. The summed E-state index contributed by atoms with van der Waals surface area (Å²) in [7, 11) is 1.36. The summed E-state index contributed by atoms with van der Waals surface area (Å²) in [6.45, 7) is 0.127. The lowest BCUT2D eigenvalue weighted by Crippen LogP contribution is -2.43. The van der Waals surface area contributed by atoms with Crippen LogP contribution in [0.2, 0.25) is 0 Å². The molecule has 1 aliphatic rings. The molecule has 142 valence electrons. The number of anilines is 1. The second-order valence-electron chi connectivity index (χ2n) is 5.52. The number of piperazine rings is 1. The summed E-state index contributed by atoms with van der Waals surface area (Å²) in [6.07, 6.45) is 2.46. The van der Waals surface area contributed by atoms with E-state index in [9.17, 15) is 18.9 Å². The number of nitro benzene ring substituents is 1. The lowest BCUT2D eigenvalue weighted by Gasteiger charge is -2.31. The first-order valence-corrected chi connectivity index (χ1v) is 7.66. The maximum atomic E-state index is 12.8. The van der Waals surface area contributed by atoms with Crippen LogP contribution in [0.1, 0.15) is 6.55 Å². The summed E-state index contributed by atoms with van der Waals surface area (Å²) in [5, 5.41) is 18.2. The summed E-state index contributed by atoms with van der Waals surface area (Å²) in [5.41, 5.74) is 1.33. The Morgan fingerprint density at radius 2 is 2.04 bits per heavy atom. The zero-order valence-corrected chi connectivity index (χ0v) is 14.7. The Bertz CT molecular complexity index is 781. The van der Waals surface area contributed by atoms with Gasteiger partial charge < -0.3 is 15.0 Å². The van der Waals surface area contributed by atoms with Crippen LogP contribution in [0.3, 0.4) is 0 Å². The molecule has 1 aromatic carbocycles. The maximum Gasteiger partial charge on any atom is 0.333 e. The minimum Gasteiger partial charge on any atom is -0.490 e. The van der Waals surface area contributed by atoms with Gasteiger partial charge in [-0.25, -0.2) is 4.68 Å². The van der Waals surface area contributed by atoms with Gasteiger partial charge in [0.2, 0.25) is 0 Å². The fourth-order valence-electron chi connectivity index (χ4n) is 2.85. The van der Waals surface area contributed by atoms with Crippen LogP contribution in [-0.4, -0.2) is 48.0 Å². The van der Waals surface area contributed by atoms with Gasteiger partial charge in [-0.2, -0.15) is 13.9 Å². The van der Waals surface area contributed by atoms with Crippen LogP contribution in [-0.2, 0) is 0 Å². The van der Waals surface area contributed by atoms with Crippen molar-refractivity contribution in [3.05, 3.63) is 34.6 Å². The predicted octanol–water partition coefficient (Wildman–Crippen LogP) is 2.69. The molecule has 1 fully saturated rings. The zero-order valence-electron chi connectivity index (χ0n) is 13.9. The third kappa shape index (κ3) is 3.86. The topological polar surface area (TPSA) is 85.5 Å². The number of hydrogen-bond acceptors (Lipinski definition) is 6. The third-order valence-electron chi connectivity index (χ3n) is 4.06. The van der Waals surface area contributed by atoms with Gasteiger partial charge in [-0.05, 0) is 0 Å². The molecule has 0 atom stereocenters. The number of ether oxygens (including phenoxy) is 1. The molecular weight excluding hydrogens is 372 g/mol. The highest BCUT2D eigenvalue weighted by Crippen LogP contribution is 2.40. The van der Waals surface area contributed by atoms with E-state index in [1.165, 1.54) is 25.6 Å². The van der Waals surface area contributed by atoms with E-state index in [-0.39, 0.29) is 23.8 Å². The van der Waals surface area contributed by atoms with E-state index in [0.29, 0.717) is 34.6 Å². The minimum absolute atomic E-state index is 0. The molecule has 1 aliphatic heterocycles. The van der Waals surface area contributed by atoms with Gasteiger partial charge in [0, 0.05) is 61.3 Å². The molecule has 0 saturated carbocycles. The van der Waals surface area contributed by atoms with E-state index < -0.39 is 11.5 Å². The first-order valence-electron chi connectivity index (χ1n) is 7.66. The van der Waals surface area contributed by atoms with Crippen LogP contribution >= 0.6 is 12.4 Å². The van der Waals surface area contributed by atoms with E-state index >= 15 is 0 Å². The van der Waals surface area contributed by atoms with Gasteiger partial charge in [-0.15, -0.1) is 12.4 Å². The highest BCUT2D eigenvalue weighted by molar-refractivity contribution is 5.85. The van der Waals surface area contributed by atoms with Crippen LogP contribution in [0.4, 0.5) is 20.2 Å². The van der Waals surface area contributed by atoms with Crippen molar-refractivity contribution in [3.8, 4) is 16.9 Å². The average Bonchev–Trinajstić information content (AvgIpc) is 3.11. The Kier molecular flexibility index (Phi) is 6.32. The second kappa shape index (κ2) is 8.28. The van der Waals surface area contributed by atoms with Crippen molar-refractivity contribution in [2.45, 2.75) is 6.55 Å². The van der Waals surface area contributed by atoms with Gasteiger partial charge in [0.15, 0.2) is 5.75 Å². The monoisotopic (exact) mass is 389 g/mol. The largest absolute Gasteiger partial charge is 0.490 e. The Balaban J connectivity index is 0.00000243. The number of halogens is 3. The molecule has 26 heavy (non-hydrogen) atoms. The lowest BCUT2D eigenvalue weighted by atomic mass is 10.0. The number of aromatic nitrogens is 2. The number of hydrogen-bond donors (Lipinski definition) is 1. The van der Waals surface area contributed by atoms with Crippen molar-refractivity contribution in [1.82, 2.24) is 15.1 Å². The van der Waals surface area contributed by atoms with E-state index in [1.807, 2.05) is 4.90 Å². The predicted molar refractivity (Wildman–Crippen MR) is 94.5 cm³/mol. The first-order chi connectivity index (χ1) is 12.0. The molecule has 0 spiro atoms. The van der Waals surface area contributed by atoms with Gasteiger partial charge in [0.1, 0.15) is 0 Å². The van der Waals surface area contributed by atoms with Crippen LogP contribution < -0.4 is 15.0 Å². The van der Waals surface area contributed by atoms with Crippen molar-refractivity contribution in [3.63, 3.8) is 0 Å². The van der Waals surface area contributed by atoms with Gasteiger partial charge in [0.05, 0.1) is 18.2 Å². The highest BCUT2D eigenvalue weighted by atomic mass is 35.5. The minimum atomic E-state index is -2.77. The smallest absolute Gasteiger partial charge is 0.333 e. The zero-order chi connectivity index (χ0) is 18.0. The molecule has 1 N–H and O–H groups in total. The fraction of sp³-hybridized carbons (Fsp3) is 0.400. The number of rotatable bonds is 5. The van der Waals surface area contributed by atoms with Crippen LogP contribution in [0.15, 0.2) is 24.5 Å². The standard InChI is InChI=1S/C15H17F2N5O3.ClH/c1-25-14-7-12(20-4-2-18-3-5-20)11(6-13(14)22(23)24)10-8-19-21(9-10)15(16)17;/h6-9,15,18H,2-5H2,1H3;1H. The SMILES string of the molecule is COc1cc(N2CCNCC2)c(-c2cnn(C(F)F)c2)cc1[N+](=O)[O-].Cl. The number of methoxy groups -OCH3 is 1. The van der Waals surface area contributed by atoms with Crippen LogP contribution in [0.5, 0.6) is 5.75 Å². The lowest BCUT2D eigenvalue weighted by molar-refractivity contribution is -0.385. The summed E-state index contributed by atoms with van der Waals surface area (Å²) in [4.78, 5) is 12.8. The molecule has 0 bridgehead atoms. The quantitative estimate of drug-likeness (QED) is 0.625. The molecule has 1 saturated heterocycles. The van der Waals surface area contributed by atoms with E-state index in [1.54, 1.807) is 6.07 Å². The molecular formula is C15H18ClF2N5O3. The third-order valence-corrected chi connectivity index (χ3v) is 4.06. The van der Waals surface area contributed by atoms with Crippen molar-refractivity contribution < 1.29 is 18.4 Å². The first kappa shape index (κ1) is 19.9. The summed E-state index contributed by atoms with van der Waals surface area (Å²) >= 11 is 0. The van der Waals surface area contributed by atoms with Gasteiger partial charge in [-0.1, -0.05) is 0 Å². The van der Waals surface area contributed by atoms with E-state index in [0.717, 1.165) is 13.1 Å². The summed E-state index contributed by atoms with van der Waals surface area (Å²) in [5.74, 6) is 0.128. The van der Waals surface area contributed by atoms with Crippen molar-refractivity contribution in [1.29, 1.82) is 0 Å². The number of alkyl halides is 2. The number of nitrogens with zero attached hydrogens (tertiary/aromatic N) is 4. The molecule has 0 radical (unpaired) electrons. The molecule has 8 nitrogen and oxygen atoms in total. The van der Waals surface area contributed by atoms with Crippen LogP contribution in [0.25, 0.3) is 11.1 Å². The normalized spacial score (nSPS) is 14.2. The van der Waals surface area contributed by atoms with Crippen LogP contribution in [0, 0.1) is 10.1 Å². The van der Waals surface area contributed by atoms with Crippen molar-refractivity contribution >= 4 is 23.8 Å². The summed E-state index contributed by atoms with van der Waals surface area (Å²) in [6, 6.07) is 2.93. The molecule has 1 aromatic heterocycles. The van der Waals surface area contributed by atoms with E-state index in [4.69, 9.17) is 4.74 Å². The molecule has 2 heterocycles. The fourth-order valence-corrected chi connectivity index (χ4v) is 2.85. The van der Waals surface area contributed by atoms with Crippen molar-refractivity contribution in [2.24, 2.45) is 0 Å². The van der Waals surface area contributed by atoms with E-state index in [2.05, 4.69) is 10.4 Å². The van der Waals surface area contributed by atoms with Gasteiger partial charge in [0.25, 0.3) is 0 Å². The Labute approximate surface area is 154 Å². The molecule has 0 amide bonds. The molecule has 2 aromatic rings. The molecule has 11 heteroatoms. The van der Waals surface area contributed by atoms with Gasteiger partial charge in [-0.3, -0.25) is 10.1 Å². The van der Waals surface area contributed by atoms with Gasteiger partial charge >= 0.3 is 12.2 Å². The Hall–Kier alpha value is -2.46. The Morgan fingerprint density at radius 3 is 2.58 bits per heavy atom. The Morgan fingerprint density at radius 1 is 1.35 bits per heavy atom. The van der Waals surface area contributed by atoms with Crippen molar-refractivity contribution in [2.75, 3.05) is 38.2 Å². The number of benzene rings is 1. The maximum absolute atomic E-state index is 12.8.